The highest BCUT2D eigenvalue weighted by molar-refractivity contribution is 6.99. The largest absolute Gasteiger partial charge is 0.512 e. The molecule has 0 spiro atoms. The Morgan fingerprint density at radius 2 is 1.62 bits per heavy atom. The number of ketones is 1. The molecule has 2 aromatic carbocycles. The number of allylic oxidation sites excluding steroid dienone is 2. The number of hydrogen-bond acceptors (Lipinski definition) is 6. The van der Waals surface area contributed by atoms with Crippen LogP contribution in [0.5, 0.6) is 0 Å². The van der Waals surface area contributed by atoms with Gasteiger partial charge in [-0.1, -0.05) is 81.4 Å². The van der Waals surface area contributed by atoms with E-state index in [1.807, 2.05) is 42.5 Å². The number of esters is 1. The van der Waals surface area contributed by atoms with Crippen LogP contribution in [0.4, 0.5) is 0 Å². The first-order valence-electron chi connectivity index (χ1n) is 12.8. The van der Waals surface area contributed by atoms with E-state index in [0.717, 1.165) is 10.4 Å². The van der Waals surface area contributed by atoms with E-state index in [-0.39, 0.29) is 48.2 Å². The lowest BCUT2D eigenvalue weighted by Crippen LogP contribution is -2.68. The third kappa shape index (κ3) is 4.44. The van der Waals surface area contributed by atoms with Gasteiger partial charge in [0.25, 0.3) is 8.32 Å². The predicted octanol–water partition coefficient (Wildman–Crippen LogP) is 4.45. The Balaban J connectivity index is 1.85. The highest BCUT2D eigenvalue weighted by atomic mass is 28.4. The van der Waals surface area contributed by atoms with Gasteiger partial charge in [-0.05, 0) is 34.8 Å². The number of aliphatic hydroxyl groups is 1. The van der Waals surface area contributed by atoms with E-state index in [9.17, 15) is 14.7 Å². The summed E-state index contributed by atoms with van der Waals surface area (Å²) in [4.78, 5) is 26.7. The molecule has 2 aromatic rings. The van der Waals surface area contributed by atoms with Crippen LogP contribution in [0.3, 0.4) is 0 Å². The van der Waals surface area contributed by atoms with Gasteiger partial charge in [0.2, 0.25) is 0 Å². The van der Waals surface area contributed by atoms with E-state index in [0.29, 0.717) is 5.76 Å². The molecule has 0 aliphatic heterocycles. The maximum atomic E-state index is 14.1. The van der Waals surface area contributed by atoms with Gasteiger partial charge < -0.3 is 19.0 Å². The number of Topliss-reactive ketones (excluding diaryl/α,β-unsaturated/α-hetero) is 1. The fourth-order valence-electron chi connectivity index (χ4n) is 5.92. The first-order chi connectivity index (χ1) is 17.6. The van der Waals surface area contributed by atoms with Crippen molar-refractivity contribution in [1.29, 1.82) is 0 Å². The van der Waals surface area contributed by atoms with Gasteiger partial charge >= 0.3 is 5.97 Å². The van der Waals surface area contributed by atoms with Crippen molar-refractivity contribution in [2.24, 2.45) is 11.3 Å². The van der Waals surface area contributed by atoms with E-state index in [2.05, 4.69) is 45.0 Å². The van der Waals surface area contributed by atoms with Crippen molar-refractivity contribution in [3.05, 3.63) is 83.8 Å². The minimum atomic E-state index is -2.96. The molecule has 0 unspecified atom stereocenters. The zero-order valence-electron chi connectivity index (χ0n) is 22.2. The lowest BCUT2D eigenvalue weighted by molar-refractivity contribution is -0.145. The summed E-state index contributed by atoms with van der Waals surface area (Å²) in [6.07, 6.45) is 2.04. The van der Waals surface area contributed by atoms with Crippen LogP contribution in [0.25, 0.3) is 0 Å². The van der Waals surface area contributed by atoms with Gasteiger partial charge in [0, 0.05) is 6.42 Å². The van der Waals surface area contributed by atoms with E-state index < -0.39 is 25.6 Å². The molecule has 0 saturated heterocycles. The smallest absolute Gasteiger partial charge is 0.338 e. The SMILES string of the molecule is CCOC(=O)C1=C(O)C[C@]2(CO[Si](c3ccccc3)(c3ccccc3)C(C)(C)C)C(=O)[C@H]1CC=C2OC. The fraction of sp³-hybridized carbons (Fsp3) is 0.400. The Morgan fingerprint density at radius 3 is 2.11 bits per heavy atom. The maximum Gasteiger partial charge on any atom is 0.338 e. The molecule has 0 amide bonds. The molecular formula is C30H36O6Si. The number of carbonyl (C=O) groups is 2. The minimum Gasteiger partial charge on any atom is -0.512 e. The summed E-state index contributed by atoms with van der Waals surface area (Å²) < 4.78 is 18.0. The van der Waals surface area contributed by atoms with Gasteiger partial charge in [-0.3, -0.25) is 4.79 Å². The van der Waals surface area contributed by atoms with Crippen LogP contribution in [0.2, 0.25) is 5.04 Å². The molecule has 0 radical (unpaired) electrons. The van der Waals surface area contributed by atoms with Crippen molar-refractivity contribution in [2.75, 3.05) is 20.3 Å². The lowest BCUT2D eigenvalue weighted by Gasteiger charge is -2.48. The molecule has 196 valence electrons. The Kier molecular flexibility index (Phi) is 7.49. The van der Waals surface area contributed by atoms with E-state index >= 15 is 0 Å². The van der Waals surface area contributed by atoms with Crippen molar-refractivity contribution in [1.82, 2.24) is 0 Å². The van der Waals surface area contributed by atoms with Gasteiger partial charge in [-0.15, -0.1) is 0 Å². The average Bonchev–Trinajstić information content (AvgIpc) is 2.87. The quantitative estimate of drug-likeness (QED) is 0.409. The van der Waals surface area contributed by atoms with Gasteiger partial charge in [0.15, 0.2) is 5.78 Å². The molecule has 2 bridgehead atoms. The molecule has 0 fully saturated rings. The summed E-state index contributed by atoms with van der Waals surface area (Å²) in [6, 6.07) is 20.4. The second-order valence-corrected chi connectivity index (χ2v) is 15.0. The highest BCUT2D eigenvalue weighted by Crippen LogP contribution is 2.50. The standard InChI is InChI=1S/C30H36O6Si/c1-6-35-28(33)26-23-17-18-25(34-5)30(27(23)32,19-24(26)31)20-36-37(29(2,3)4,21-13-9-7-10-14-21)22-15-11-8-12-16-22/h7-16,18,23,31H,6,17,19-20H2,1-5H3/t23-,30+/m0/s1. The normalized spacial score (nSPS) is 21.9. The molecule has 1 N–H and O–H groups in total. The highest BCUT2D eigenvalue weighted by Gasteiger charge is 2.58. The van der Waals surface area contributed by atoms with Crippen LogP contribution in [0.15, 0.2) is 83.8 Å². The summed E-state index contributed by atoms with van der Waals surface area (Å²) in [5, 5.41) is 13.0. The Morgan fingerprint density at radius 1 is 1.05 bits per heavy atom. The number of hydrogen-bond donors (Lipinski definition) is 1. The third-order valence-corrected chi connectivity index (χ3v) is 12.6. The van der Waals surface area contributed by atoms with Crippen molar-refractivity contribution in [2.45, 2.75) is 45.6 Å². The van der Waals surface area contributed by atoms with Crippen LogP contribution in [0.1, 0.15) is 40.5 Å². The number of methoxy groups -OCH3 is 1. The number of aliphatic hydroxyl groups excluding tert-OH is 1. The number of ether oxygens (including phenoxy) is 2. The van der Waals surface area contributed by atoms with Gasteiger partial charge in [0.05, 0.1) is 31.8 Å². The minimum absolute atomic E-state index is 0.0233. The first kappa shape index (κ1) is 26.9. The van der Waals surface area contributed by atoms with E-state index in [1.54, 1.807) is 6.92 Å². The molecular weight excluding hydrogens is 484 g/mol. The summed E-state index contributed by atoms with van der Waals surface area (Å²) in [7, 11) is -1.43. The zero-order chi connectivity index (χ0) is 26.8. The Hall–Kier alpha value is -3.16. The maximum absolute atomic E-state index is 14.1. The predicted molar refractivity (Wildman–Crippen MR) is 145 cm³/mol. The monoisotopic (exact) mass is 520 g/mol. The van der Waals surface area contributed by atoms with Crippen LogP contribution < -0.4 is 10.4 Å². The molecule has 37 heavy (non-hydrogen) atoms. The van der Waals surface area contributed by atoms with Crippen molar-refractivity contribution in [3.8, 4) is 0 Å². The molecule has 4 rings (SSSR count). The van der Waals surface area contributed by atoms with Crippen molar-refractivity contribution < 1.29 is 28.6 Å². The molecule has 2 aliphatic carbocycles. The second kappa shape index (κ2) is 10.3. The second-order valence-electron chi connectivity index (χ2n) is 10.7. The Labute approximate surface area is 220 Å². The molecule has 7 heteroatoms. The molecule has 2 aliphatic rings. The van der Waals surface area contributed by atoms with Crippen molar-refractivity contribution in [3.63, 3.8) is 0 Å². The van der Waals surface area contributed by atoms with Crippen LogP contribution in [0, 0.1) is 11.3 Å². The fourth-order valence-corrected chi connectivity index (χ4v) is 10.5. The molecule has 0 saturated carbocycles. The zero-order valence-corrected chi connectivity index (χ0v) is 23.2. The summed E-state index contributed by atoms with van der Waals surface area (Å²) >= 11 is 0. The van der Waals surface area contributed by atoms with Gasteiger partial charge in [-0.25, -0.2) is 4.79 Å². The summed E-state index contributed by atoms with van der Waals surface area (Å²) in [5.41, 5.74) is -1.18. The van der Waals surface area contributed by atoms with E-state index in [4.69, 9.17) is 13.9 Å². The average molecular weight is 521 g/mol. The van der Waals surface area contributed by atoms with Crippen molar-refractivity contribution >= 4 is 30.4 Å². The number of carbonyl (C=O) groups excluding carboxylic acids is 2. The number of rotatable bonds is 8. The summed E-state index contributed by atoms with van der Waals surface area (Å²) in [6.45, 7) is 8.41. The molecule has 0 aromatic heterocycles. The van der Waals surface area contributed by atoms with Crippen LogP contribution in [-0.2, 0) is 23.5 Å². The van der Waals surface area contributed by atoms with Crippen LogP contribution in [-0.4, -0.2) is 45.5 Å². The topological polar surface area (TPSA) is 82.1 Å². The molecule has 6 nitrogen and oxygen atoms in total. The first-order valence-corrected chi connectivity index (χ1v) is 14.7. The Bertz CT molecular complexity index is 1170. The lowest BCUT2D eigenvalue weighted by atomic mass is 9.63. The van der Waals surface area contributed by atoms with Gasteiger partial charge in [-0.2, -0.15) is 0 Å². The molecule has 2 atom stereocenters. The third-order valence-electron chi connectivity index (χ3n) is 7.59. The number of benzene rings is 2. The van der Waals surface area contributed by atoms with Crippen LogP contribution >= 0.6 is 0 Å². The summed E-state index contributed by atoms with van der Waals surface area (Å²) in [5.74, 6) is -1.27. The number of fused-ring (bicyclic) bond motifs is 2. The molecule has 0 heterocycles. The van der Waals surface area contributed by atoms with Gasteiger partial charge in [0.1, 0.15) is 16.9 Å². The van der Waals surface area contributed by atoms with E-state index in [1.165, 1.54) is 7.11 Å².